The van der Waals surface area contributed by atoms with E-state index in [2.05, 4.69) is 16.1 Å². The van der Waals surface area contributed by atoms with Crippen LogP contribution in [0.15, 0.2) is 50.5 Å². The summed E-state index contributed by atoms with van der Waals surface area (Å²) in [6, 6.07) is 10.0. The van der Waals surface area contributed by atoms with Crippen LogP contribution in [0.25, 0.3) is 10.2 Å². The first-order valence-electron chi connectivity index (χ1n) is 9.58. The van der Waals surface area contributed by atoms with Crippen molar-refractivity contribution in [2.24, 2.45) is 10.2 Å². The molecule has 3 aromatic rings. The summed E-state index contributed by atoms with van der Waals surface area (Å²) in [6.07, 6.45) is 7.64. The summed E-state index contributed by atoms with van der Waals surface area (Å²) in [7, 11) is 0. The molecule has 0 radical (unpaired) electrons. The molecular formula is C22H22N4OS2. The van der Waals surface area contributed by atoms with Crippen LogP contribution in [0.3, 0.4) is 0 Å². The molecule has 4 rings (SSSR count). The van der Waals surface area contributed by atoms with Crippen LogP contribution in [0.2, 0.25) is 0 Å². The summed E-state index contributed by atoms with van der Waals surface area (Å²) in [5.74, 6) is 3.45. The minimum atomic E-state index is -0.315. The molecule has 0 saturated carbocycles. The average Bonchev–Trinajstić information content (AvgIpc) is 3.43. The highest BCUT2D eigenvalue weighted by Gasteiger charge is 2.38. The molecular weight excluding hydrogens is 400 g/mol. The molecule has 0 fully saturated rings. The molecule has 0 spiro atoms. The fourth-order valence-electron chi connectivity index (χ4n) is 3.30. The SMILES string of the molecule is C#CCCC1(CCSc2nc3sc(C)c(C)c3c(=O)n2Cc2ccccc2)N=N1. The predicted octanol–water partition coefficient (Wildman–Crippen LogP) is 5.18. The number of aryl methyl sites for hydroxylation is 2. The number of thioether (sulfide) groups is 1. The summed E-state index contributed by atoms with van der Waals surface area (Å²) in [4.78, 5) is 20.2. The van der Waals surface area contributed by atoms with Crippen LogP contribution < -0.4 is 5.56 Å². The van der Waals surface area contributed by atoms with Crippen LogP contribution in [-0.4, -0.2) is 21.0 Å². The lowest BCUT2D eigenvalue weighted by atomic mass is 10.1. The van der Waals surface area contributed by atoms with Gasteiger partial charge in [0.2, 0.25) is 0 Å². The molecule has 0 unspecified atom stereocenters. The van der Waals surface area contributed by atoms with Crippen LogP contribution in [-0.2, 0) is 6.54 Å². The van der Waals surface area contributed by atoms with E-state index in [4.69, 9.17) is 11.4 Å². The van der Waals surface area contributed by atoms with Gasteiger partial charge in [0.25, 0.3) is 5.56 Å². The van der Waals surface area contributed by atoms with E-state index in [9.17, 15) is 4.79 Å². The van der Waals surface area contributed by atoms with E-state index >= 15 is 0 Å². The normalized spacial score (nSPS) is 14.2. The van der Waals surface area contributed by atoms with Crippen molar-refractivity contribution in [2.75, 3.05) is 5.75 Å². The van der Waals surface area contributed by atoms with Gasteiger partial charge in [-0.3, -0.25) is 9.36 Å². The fourth-order valence-corrected chi connectivity index (χ4v) is 5.45. The second-order valence-electron chi connectivity index (χ2n) is 7.22. The van der Waals surface area contributed by atoms with E-state index in [1.54, 1.807) is 27.7 Å². The van der Waals surface area contributed by atoms with Crippen LogP contribution in [0.4, 0.5) is 0 Å². The molecule has 1 aliphatic heterocycles. The molecule has 3 heterocycles. The van der Waals surface area contributed by atoms with Crippen molar-refractivity contribution in [3.8, 4) is 12.3 Å². The number of nitrogens with zero attached hydrogens (tertiary/aromatic N) is 4. The Morgan fingerprint density at radius 2 is 1.97 bits per heavy atom. The zero-order valence-corrected chi connectivity index (χ0v) is 18.1. The number of terminal acetylenes is 1. The van der Waals surface area contributed by atoms with Crippen LogP contribution in [0, 0.1) is 26.2 Å². The Morgan fingerprint density at radius 3 is 2.66 bits per heavy atom. The van der Waals surface area contributed by atoms with Crippen LogP contribution in [0.1, 0.15) is 35.3 Å². The number of thiophene rings is 1. The number of rotatable bonds is 8. The van der Waals surface area contributed by atoms with E-state index in [0.717, 1.165) is 50.0 Å². The smallest absolute Gasteiger partial charge is 0.263 e. The van der Waals surface area contributed by atoms with Crippen molar-refractivity contribution >= 4 is 33.3 Å². The maximum atomic E-state index is 13.4. The Kier molecular flexibility index (Phi) is 5.57. The minimum absolute atomic E-state index is 0.0334. The summed E-state index contributed by atoms with van der Waals surface area (Å²) in [5, 5.41) is 9.90. The molecule has 29 heavy (non-hydrogen) atoms. The number of aromatic nitrogens is 2. The highest BCUT2D eigenvalue weighted by Crippen LogP contribution is 2.38. The zero-order valence-electron chi connectivity index (χ0n) is 16.5. The molecule has 148 valence electrons. The molecule has 0 saturated heterocycles. The largest absolute Gasteiger partial charge is 0.283 e. The molecule has 2 aromatic heterocycles. The van der Waals surface area contributed by atoms with E-state index in [1.165, 1.54) is 0 Å². The molecule has 0 N–H and O–H groups in total. The van der Waals surface area contributed by atoms with Gasteiger partial charge in [0.1, 0.15) is 4.83 Å². The van der Waals surface area contributed by atoms with Gasteiger partial charge in [0.15, 0.2) is 10.8 Å². The van der Waals surface area contributed by atoms with Gasteiger partial charge in [0, 0.05) is 29.9 Å². The highest BCUT2D eigenvalue weighted by molar-refractivity contribution is 7.99. The molecule has 0 aliphatic carbocycles. The maximum Gasteiger partial charge on any atom is 0.263 e. The van der Waals surface area contributed by atoms with Gasteiger partial charge in [-0.15, -0.1) is 23.7 Å². The average molecular weight is 423 g/mol. The molecule has 5 nitrogen and oxygen atoms in total. The minimum Gasteiger partial charge on any atom is -0.283 e. The summed E-state index contributed by atoms with van der Waals surface area (Å²) >= 11 is 3.19. The quantitative estimate of drug-likeness (QED) is 0.285. The third-order valence-electron chi connectivity index (χ3n) is 5.22. The number of hydrogen-bond donors (Lipinski definition) is 0. The fraction of sp³-hybridized carbons (Fsp3) is 0.364. The molecule has 0 amide bonds. The lowest BCUT2D eigenvalue weighted by Crippen LogP contribution is -2.24. The summed E-state index contributed by atoms with van der Waals surface area (Å²) in [6.45, 7) is 4.55. The van der Waals surface area contributed by atoms with Crippen molar-refractivity contribution < 1.29 is 0 Å². The Balaban J connectivity index is 1.63. The Labute approximate surface area is 178 Å². The van der Waals surface area contributed by atoms with Gasteiger partial charge >= 0.3 is 0 Å². The topological polar surface area (TPSA) is 59.6 Å². The van der Waals surface area contributed by atoms with Gasteiger partial charge < -0.3 is 0 Å². The Hall–Kier alpha value is -2.43. The van der Waals surface area contributed by atoms with E-state index in [1.807, 2.05) is 44.2 Å². The second-order valence-corrected chi connectivity index (χ2v) is 9.48. The van der Waals surface area contributed by atoms with Crippen LogP contribution >= 0.6 is 23.1 Å². The van der Waals surface area contributed by atoms with Crippen LogP contribution in [0.5, 0.6) is 0 Å². The van der Waals surface area contributed by atoms with Crippen molar-refractivity contribution in [3.05, 3.63) is 56.7 Å². The molecule has 0 atom stereocenters. The monoisotopic (exact) mass is 422 g/mol. The van der Waals surface area contributed by atoms with Gasteiger partial charge in [-0.2, -0.15) is 10.2 Å². The molecule has 7 heteroatoms. The van der Waals surface area contributed by atoms with E-state index in [-0.39, 0.29) is 11.2 Å². The lowest BCUT2D eigenvalue weighted by Gasteiger charge is -2.13. The first-order valence-corrected chi connectivity index (χ1v) is 11.4. The Bertz CT molecular complexity index is 1170. The zero-order chi connectivity index (χ0) is 20.4. The standard InChI is InChI=1S/C22H22N4OS2/c1-4-5-11-22(24-25-22)12-13-28-21-23-19-18(15(2)16(3)29-19)20(27)26(21)14-17-9-7-6-8-10-17/h1,6-10H,5,11-14H2,2-3H3. The summed E-state index contributed by atoms with van der Waals surface area (Å²) in [5.41, 5.74) is 1.83. The molecule has 1 aliphatic rings. The predicted molar refractivity (Wildman–Crippen MR) is 120 cm³/mol. The van der Waals surface area contributed by atoms with Crippen molar-refractivity contribution in [1.29, 1.82) is 0 Å². The maximum absolute atomic E-state index is 13.4. The van der Waals surface area contributed by atoms with Crippen molar-refractivity contribution in [3.63, 3.8) is 0 Å². The van der Waals surface area contributed by atoms with Crippen molar-refractivity contribution in [2.45, 2.75) is 50.5 Å². The first-order chi connectivity index (χ1) is 14.0. The number of fused-ring (bicyclic) bond motifs is 1. The number of hydrogen-bond acceptors (Lipinski definition) is 6. The third kappa shape index (κ3) is 4.14. The van der Waals surface area contributed by atoms with Gasteiger partial charge in [0.05, 0.1) is 11.9 Å². The van der Waals surface area contributed by atoms with E-state index < -0.39 is 0 Å². The number of benzene rings is 1. The third-order valence-corrected chi connectivity index (χ3v) is 7.30. The van der Waals surface area contributed by atoms with E-state index in [0.29, 0.717) is 13.0 Å². The van der Waals surface area contributed by atoms with Gasteiger partial charge in [-0.25, -0.2) is 4.98 Å². The summed E-state index contributed by atoms with van der Waals surface area (Å²) < 4.78 is 1.80. The lowest BCUT2D eigenvalue weighted by molar-refractivity contribution is 0.543. The second kappa shape index (κ2) is 8.13. The molecule has 1 aromatic carbocycles. The molecule has 0 bridgehead atoms. The Morgan fingerprint density at radius 1 is 1.21 bits per heavy atom. The van der Waals surface area contributed by atoms with Crippen molar-refractivity contribution in [1.82, 2.24) is 9.55 Å². The van der Waals surface area contributed by atoms with Gasteiger partial charge in [-0.1, -0.05) is 42.1 Å². The first kappa shape index (κ1) is 19.9. The van der Waals surface area contributed by atoms with Gasteiger partial charge in [-0.05, 0) is 25.0 Å². The highest BCUT2D eigenvalue weighted by atomic mass is 32.2.